The summed E-state index contributed by atoms with van der Waals surface area (Å²) in [6, 6.07) is 2.22. The second kappa shape index (κ2) is 10.6. The minimum absolute atomic E-state index is 0.182. The summed E-state index contributed by atoms with van der Waals surface area (Å²) in [5.41, 5.74) is -0.182. The molecule has 3 heteroatoms. The zero-order valence-corrected chi connectivity index (χ0v) is 14.0. The maximum Gasteiger partial charge on any atom is 0.185 e. The molecule has 0 saturated heterocycles. The summed E-state index contributed by atoms with van der Waals surface area (Å²) in [5.74, 6) is 0.951. The molecule has 0 spiro atoms. The molecule has 0 N–H and O–H groups in total. The van der Waals surface area contributed by atoms with Crippen molar-refractivity contribution in [3.8, 4) is 6.07 Å². The summed E-state index contributed by atoms with van der Waals surface area (Å²) in [6.45, 7) is 12.4. The van der Waals surface area contributed by atoms with Crippen molar-refractivity contribution in [3.05, 3.63) is 12.0 Å². The van der Waals surface area contributed by atoms with Crippen LogP contribution in [0.25, 0.3) is 0 Å². The van der Waals surface area contributed by atoms with E-state index in [9.17, 15) is 0 Å². The van der Waals surface area contributed by atoms with Crippen LogP contribution in [0.3, 0.4) is 0 Å². The van der Waals surface area contributed by atoms with Gasteiger partial charge < -0.3 is 9.64 Å². The normalized spacial score (nSPS) is 12.1. The van der Waals surface area contributed by atoms with Gasteiger partial charge >= 0.3 is 0 Å². The van der Waals surface area contributed by atoms with Crippen LogP contribution in [0.15, 0.2) is 12.0 Å². The quantitative estimate of drug-likeness (QED) is 0.424. The standard InChI is InChI=1S/C17H32N2O/c1-6-8-9-11-14-19(15-12-10-13-18)16(7-2)20-17(3,4)5/h7H,6,8-12,14-15H2,1-5H3. The van der Waals surface area contributed by atoms with E-state index in [0.29, 0.717) is 6.42 Å². The molecule has 0 aliphatic heterocycles. The third-order valence-corrected chi connectivity index (χ3v) is 2.97. The Hall–Kier alpha value is -1.17. The number of unbranched alkanes of at least 4 members (excludes halogenated alkanes) is 4. The predicted molar refractivity (Wildman–Crippen MR) is 85.2 cm³/mol. The lowest BCUT2D eigenvalue weighted by atomic mass is 10.2. The van der Waals surface area contributed by atoms with Crippen molar-refractivity contribution in [2.24, 2.45) is 0 Å². The van der Waals surface area contributed by atoms with Gasteiger partial charge in [-0.05, 0) is 46.6 Å². The van der Waals surface area contributed by atoms with Crippen LogP contribution < -0.4 is 0 Å². The lowest BCUT2D eigenvalue weighted by molar-refractivity contribution is 0.000640. The van der Waals surface area contributed by atoms with Crippen molar-refractivity contribution in [3.63, 3.8) is 0 Å². The van der Waals surface area contributed by atoms with E-state index in [2.05, 4.69) is 38.7 Å². The van der Waals surface area contributed by atoms with Crippen molar-refractivity contribution in [1.29, 1.82) is 5.26 Å². The lowest BCUT2D eigenvalue weighted by Crippen LogP contribution is -2.31. The minimum Gasteiger partial charge on any atom is -0.474 e. The topological polar surface area (TPSA) is 36.3 Å². The molecule has 3 nitrogen and oxygen atoms in total. The highest BCUT2D eigenvalue weighted by Crippen LogP contribution is 2.18. The molecule has 0 radical (unpaired) electrons. The van der Waals surface area contributed by atoms with Crippen molar-refractivity contribution >= 4 is 0 Å². The Labute approximate surface area is 125 Å². The average Bonchev–Trinajstić information content (AvgIpc) is 2.38. The molecule has 0 amide bonds. The number of rotatable bonds is 10. The fraction of sp³-hybridized carbons (Fsp3) is 0.824. The van der Waals surface area contributed by atoms with Crippen molar-refractivity contribution in [2.75, 3.05) is 13.1 Å². The Morgan fingerprint density at radius 1 is 1.15 bits per heavy atom. The van der Waals surface area contributed by atoms with Crippen molar-refractivity contribution in [2.45, 2.75) is 78.7 Å². The third kappa shape index (κ3) is 9.72. The van der Waals surface area contributed by atoms with Crippen molar-refractivity contribution in [1.82, 2.24) is 4.90 Å². The van der Waals surface area contributed by atoms with Gasteiger partial charge in [-0.15, -0.1) is 0 Å². The van der Waals surface area contributed by atoms with Gasteiger partial charge in [0.1, 0.15) is 5.60 Å². The molecule has 0 aromatic heterocycles. The van der Waals surface area contributed by atoms with Gasteiger partial charge in [0.15, 0.2) is 5.88 Å². The van der Waals surface area contributed by atoms with Crippen LogP contribution in [0.4, 0.5) is 0 Å². The van der Waals surface area contributed by atoms with E-state index >= 15 is 0 Å². The molecule has 0 aliphatic rings. The highest BCUT2D eigenvalue weighted by molar-refractivity contribution is 4.93. The second-order valence-corrected chi connectivity index (χ2v) is 6.15. The van der Waals surface area contributed by atoms with Crippen LogP contribution >= 0.6 is 0 Å². The minimum atomic E-state index is -0.182. The molecule has 0 atom stereocenters. The molecule has 0 unspecified atom stereocenters. The smallest absolute Gasteiger partial charge is 0.185 e. The molecule has 0 rings (SSSR count). The van der Waals surface area contributed by atoms with E-state index < -0.39 is 0 Å². The second-order valence-electron chi connectivity index (χ2n) is 6.15. The molecule has 0 aromatic rings. The number of ether oxygens (including phenoxy) is 1. The largest absolute Gasteiger partial charge is 0.474 e. The number of hydrogen-bond donors (Lipinski definition) is 0. The highest BCUT2D eigenvalue weighted by atomic mass is 16.5. The van der Waals surface area contributed by atoms with Crippen LogP contribution in [0.1, 0.15) is 73.1 Å². The summed E-state index contributed by atoms with van der Waals surface area (Å²) in [6.07, 6.45) is 8.54. The van der Waals surface area contributed by atoms with E-state index in [0.717, 1.165) is 25.4 Å². The molecule has 0 aliphatic carbocycles. The summed E-state index contributed by atoms with van der Waals surface area (Å²) < 4.78 is 6.04. The first-order valence-electron chi connectivity index (χ1n) is 7.91. The number of nitriles is 1. The fourth-order valence-corrected chi connectivity index (χ4v) is 2.03. The van der Waals surface area contributed by atoms with Crippen LogP contribution in [0, 0.1) is 11.3 Å². The van der Waals surface area contributed by atoms with E-state index in [4.69, 9.17) is 10.00 Å². The number of nitrogens with zero attached hydrogens (tertiary/aromatic N) is 2. The lowest BCUT2D eigenvalue weighted by Gasteiger charge is -2.32. The first-order valence-corrected chi connectivity index (χ1v) is 7.91. The van der Waals surface area contributed by atoms with E-state index in [1.165, 1.54) is 25.7 Å². The first-order chi connectivity index (χ1) is 9.44. The van der Waals surface area contributed by atoms with Crippen molar-refractivity contribution < 1.29 is 4.74 Å². The fourth-order valence-electron chi connectivity index (χ4n) is 2.03. The van der Waals surface area contributed by atoms with Gasteiger partial charge in [0.25, 0.3) is 0 Å². The molecule has 0 saturated carbocycles. The van der Waals surface area contributed by atoms with Crippen LogP contribution in [-0.4, -0.2) is 23.6 Å². The molecule has 0 heterocycles. The molecule has 20 heavy (non-hydrogen) atoms. The SMILES string of the molecule is CC=C(OC(C)(C)C)N(CCCC#N)CCCCCC. The molecule has 0 fully saturated rings. The van der Waals surface area contributed by atoms with Crippen LogP contribution in [0.5, 0.6) is 0 Å². The van der Waals surface area contributed by atoms with Gasteiger partial charge in [-0.2, -0.15) is 5.26 Å². The summed E-state index contributed by atoms with van der Waals surface area (Å²) in [7, 11) is 0. The highest BCUT2D eigenvalue weighted by Gasteiger charge is 2.17. The number of allylic oxidation sites excluding steroid dienone is 1. The predicted octanol–water partition coefficient (Wildman–Crippen LogP) is 4.85. The Balaban J connectivity index is 4.50. The monoisotopic (exact) mass is 280 g/mol. The van der Waals surface area contributed by atoms with Gasteiger partial charge in [0.2, 0.25) is 0 Å². The Morgan fingerprint density at radius 3 is 2.30 bits per heavy atom. The van der Waals surface area contributed by atoms with Gasteiger partial charge in [0.05, 0.1) is 6.07 Å². The van der Waals surface area contributed by atoms with E-state index in [1.54, 1.807) is 0 Å². The average molecular weight is 280 g/mol. The zero-order chi connectivity index (χ0) is 15.4. The maximum atomic E-state index is 8.69. The molecule has 0 aromatic carbocycles. The first kappa shape index (κ1) is 18.8. The Kier molecular flexibility index (Phi) is 9.98. The molecule has 0 bridgehead atoms. The zero-order valence-electron chi connectivity index (χ0n) is 14.0. The van der Waals surface area contributed by atoms with Gasteiger partial charge in [-0.3, -0.25) is 0 Å². The number of hydrogen-bond acceptors (Lipinski definition) is 3. The van der Waals surface area contributed by atoms with Crippen LogP contribution in [0.2, 0.25) is 0 Å². The molecular formula is C17H32N2O. The van der Waals surface area contributed by atoms with Crippen LogP contribution in [-0.2, 0) is 4.74 Å². The Bertz CT molecular complexity index is 310. The summed E-state index contributed by atoms with van der Waals surface area (Å²) in [4.78, 5) is 2.29. The van der Waals surface area contributed by atoms with Gasteiger partial charge in [-0.1, -0.05) is 26.2 Å². The van der Waals surface area contributed by atoms with Gasteiger partial charge in [0, 0.05) is 19.5 Å². The summed E-state index contributed by atoms with van der Waals surface area (Å²) in [5, 5.41) is 8.69. The molecular weight excluding hydrogens is 248 g/mol. The molecule has 116 valence electrons. The Morgan fingerprint density at radius 2 is 1.80 bits per heavy atom. The van der Waals surface area contributed by atoms with Gasteiger partial charge in [-0.25, -0.2) is 0 Å². The van der Waals surface area contributed by atoms with E-state index in [-0.39, 0.29) is 5.60 Å². The maximum absolute atomic E-state index is 8.69. The van der Waals surface area contributed by atoms with E-state index in [1.807, 2.05) is 13.0 Å². The summed E-state index contributed by atoms with van der Waals surface area (Å²) >= 11 is 0. The third-order valence-electron chi connectivity index (χ3n) is 2.97.